The van der Waals surface area contributed by atoms with Crippen LogP contribution < -0.4 is 0 Å². The molecule has 1 heteroatoms. The van der Waals surface area contributed by atoms with Crippen LogP contribution in [0.5, 0.6) is 0 Å². The Morgan fingerprint density at radius 1 is 1.00 bits per heavy atom. The zero-order valence-corrected chi connectivity index (χ0v) is 10.4. The number of nitrogens with zero attached hydrogens (tertiary/aromatic N) is 1. The van der Waals surface area contributed by atoms with Gasteiger partial charge in [0.25, 0.3) is 0 Å². The van der Waals surface area contributed by atoms with Gasteiger partial charge in [0.1, 0.15) is 0 Å². The molecule has 0 heterocycles. The average Bonchev–Trinajstić information content (AvgIpc) is 2.14. The van der Waals surface area contributed by atoms with E-state index in [1.807, 2.05) is 13.8 Å². The van der Waals surface area contributed by atoms with Crippen molar-refractivity contribution >= 4 is 0 Å². The van der Waals surface area contributed by atoms with Gasteiger partial charge < -0.3 is 4.90 Å². The molecule has 0 unspecified atom stereocenters. The van der Waals surface area contributed by atoms with E-state index in [4.69, 9.17) is 0 Å². The van der Waals surface area contributed by atoms with Gasteiger partial charge >= 0.3 is 0 Å². The van der Waals surface area contributed by atoms with Crippen LogP contribution in [0.15, 0.2) is 18.2 Å². The van der Waals surface area contributed by atoms with Crippen molar-refractivity contribution in [1.82, 2.24) is 4.90 Å². The molecule has 0 radical (unpaired) electrons. The van der Waals surface area contributed by atoms with Gasteiger partial charge in [-0.05, 0) is 44.6 Å². The van der Waals surface area contributed by atoms with Gasteiger partial charge in [-0.2, -0.15) is 0 Å². The van der Waals surface area contributed by atoms with Gasteiger partial charge in [0.05, 0.1) is 0 Å². The Labute approximate surface area is 88.8 Å². The van der Waals surface area contributed by atoms with E-state index in [1.54, 1.807) is 0 Å². The fourth-order valence-corrected chi connectivity index (χ4v) is 1.27. The van der Waals surface area contributed by atoms with Crippen LogP contribution >= 0.6 is 0 Å². The van der Waals surface area contributed by atoms with Gasteiger partial charge in [0.2, 0.25) is 0 Å². The second-order valence-corrected chi connectivity index (χ2v) is 3.66. The van der Waals surface area contributed by atoms with E-state index in [9.17, 15) is 0 Å². The van der Waals surface area contributed by atoms with Gasteiger partial charge in [0.15, 0.2) is 0 Å². The molecule has 1 nitrogen and oxygen atoms in total. The van der Waals surface area contributed by atoms with Gasteiger partial charge in [-0.3, -0.25) is 0 Å². The molecule has 1 aromatic rings. The minimum Gasteiger partial charge on any atom is -0.305 e. The molecular weight excluding hydrogens is 170 g/mol. The molecule has 0 saturated carbocycles. The Balaban J connectivity index is 0.000000791. The van der Waals surface area contributed by atoms with E-state index in [1.165, 1.54) is 16.7 Å². The summed E-state index contributed by atoms with van der Waals surface area (Å²) in [7, 11) is 4.18. The molecule has 0 N–H and O–H groups in total. The van der Waals surface area contributed by atoms with Crippen LogP contribution in [0.2, 0.25) is 0 Å². The normalized spacial score (nSPS) is 9.64. The number of benzene rings is 1. The average molecular weight is 193 g/mol. The molecule has 1 rings (SSSR count). The predicted molar refractivity (Wildman–Crippen MR) is 64.7 cm³/mol. The van der Waals surface area contributed by atoms with Crippen molar-refractivity contribution in [3.05, 3.63) is 34.9 Å². The lowest BCUT2D eigenvalue weighted by Gasteiger charge is -2.10. The van der Waals surface area contributed by atoms with Gasteiger partial charge in [-0.25, -0.2) is 0 Å². The zero-order valence-electron chi connectivity index (χ0n) is 10.4. The highest BCUT2D eigenvalue weighted by molar-refractivity contribution is 5.29. The topological polar surface area (TPSA) is 3.24 Å². The summed E-state index contributed by atoms with van der Waals surface area (Å²) < 4.78 is 0. The first kappa shape index (κ1) is 13.2. The van der Waals surface area contributed by atoms with Crippen molar-refractivity contribution in [2.45, 2.75) is 34.2 Å². The standard InChI is InChI=1S/C11H17N.C2H6/c1-9-5-6-11(7-10(9)2)8-12(3)4;1-2/h5-7H,8H2,1-4H3;1-2H3. The van der Waals surface area contributed by atoms with Crippen molar-refractivity contribution in [2.24, 2.45) is 0 Å². The van der Waals surface area contributed by atoms with E-state index >= 15 is 0 Å². The first-order chi connectivity index (χ1) is 6.59. The third kappa shape index (κ3) is 4.43. The number of hydrogen-bond donors (Lipinski definition) is 0. The molecule has 0 atom stereocenters. The van der Waals surface area contributed by atoms with Gasteiger partial charge in [-0.15, -0.1) is 0 Å². The van der Waals surface area contributed by atoms with Crippen LogP contribution in [0.25, 0.3) is 0 Å². The van der Waals surface area contributed by atoms with E-state index in [0.717, 1.165) is 6.54 Å². The third-order valence-electron chi connectivity index (χ3n) is 2.07. The Morgan fingerprint density at radius 3 is 2.00 bits per heavy atom. The molecule has 0 saturated heterocycles. The quantitative estimate of drug-likeness (QED) is 0.696. The van der Waals surface area contributed by atoms with E-state index in [-0.39, 0.29) is 0 Å². The monoisotopic (exact) mass is 193 g/mol. The lowest BCUT2D eigenvalue weighted by Crippen LogP contribution is -2.10. The fraction of sp³-hybridized carbons (Fsp3) is 0.538. The lowest BCUT2D eigenvalue weighted by molar-refractivity contribution is 0.402. The second-order valence-electron chi connectivity index (χ2n) is 3.66. The molecule has 1 aromatic carbocycles. The summed E-state index contributed by atoms with van der Waals surface area (Å²) in [5, 5.41) is 0. The summed E-state index contributed by atoms with van der Waals surface area (Å²) >= 11 is 0. The summed E-state index contributed by atoms with van der Waals surface area (Å²) in [5.74, 6) is 0. The smallest absolute Gasteiger partial charge is 0.0227 e. The first-order valence-corrected chi connectivity index (χ1v) is 5.30. The van der Waals surface area contributed by atoms with E-state index < -0.39 is 0 Å². The molecule has 14 heavy (non-hydrogen) atoms. The molecule has 0 aromatic heterocycles. The number of hydrogen-bond acceptors (Lipinski definition) is 1. The maximum atomic E-state index is 2.26. The molecule has 0 amide bonds. The van der Waals surface area contributed by atoms with Gasteiger partial charge in [-0.1, -0.05) is 32.0 Å². The van der Waals surface area contributed by atoms with Crippen LogP contribution in [0.4, 0.5) is 0 Å². The van der Waals surface area contributed by atoms with E-state index in [2.05, 4.69) is 51.0 Å². The van der Waals surface area contributed by atoms with Crippen molar-refractivity contribution in [3.63, 3.8) is 0 Å². The predicted octanol–water partition coefficient (Wildman–Crippen LogP) is 3.39. The number of rotatable bonds is 2. The summed E-state index contributed by atoms with van der Waals surface area (Å²) in [6.45, 7) is 9.34. The number of aryl methyl sites for hydroxylation is 2. The van der Waals surface area contributed by atoms with Crippen LogP contribution in [0.3, 0.4) is 0 Å². The molecule has 0 aliphatic rings. The Kier molecular flexibility index (Phi) is 6.22. The molecule has 0 bridgehead atoms. The van der Waals surface area contributed by atoms with Gasteiger partial charge in [0, 0.05) is 6.54 Å². The zero-order chi connectivity index (χ0) is 11.1. The minimum atomic E-state index is 1.03. The molecular formula is C13H23N. The maximum Gasteiger partial charge on any atom is 0.0227 e. The summed E-state index contributed by atoms with van der Waals surface area (Å²) in [4.78, 5) is 2.18. The highest BCUT2D eigenvalue weighted by Crippen LogP contribution is 2.10. The SMILES string of the molecule is CC.Cc1ccc(CN(C)C)cc1C. The highest BCUT2D eigenvalue weighted by Gasteiger charge is 1.96. The van der Waals surface area contributed by atoms with Crippen LogP contribution in [0, 0.1) is 13.8 Å². The Bertz CT molecular complexity index is 264. The van der Waals surface area contributed by atoms with Crippen molar-refractivity contribution in [1.29, 1.82) is 0 Å². The third-order valence-corrected chi connectivity index (χ3v) is 2.07. The highest BCUT2D eigenvalue weighted by atomic mass is 15.0. The van der Waals surface area contributed by atoms with Crippen molar-refractivity contribution in [2.75, 3.05) is 14.1 Å². The van der Waals surface area contributed by atoms with Crippen LogP contribution in [-0.2, 0) is 6.54 Å². The first-order valence-electron chi connectivity index (χ1n) is 5.30. The molecule has 0 aliphatic heterocycles. The summed E-state index contributed by atoms with van der Waals surface area (Å²) in [6, 6.07) is 6.64. The van der Waals surface area contributed by atoms with Crippen LogP contribution in [0.1, 0.15) is 30.5 Å². The second kappa shape index (κ2) is 6.61. The molecule has 0 spiro atoms. The molecule has 0 fully saturated rings. The van der Waals surface area contributed by atoms with Crippen molar-refractivity contribution < 1.29 is 0 Å². The lowest BCUT2D eigenvalue weighted by atomic mass is 10.1. The largest absolute Gasteiger partial charge is 0.305 e. The van der Waals surface area contributed by atoms with E-state index in [0.29, 0.717) is 0 Å². The van der Waals surface area contributed by atoms with Crippen LogP contribution in [-0.4, -0.2) is 19.0 Å². The Hall–Kier alpha value is -0.820. The summed E-state index contributed by atoms with van der Waals surface area (Å²) in [5.41, 5.74) is 4.15. The maximum absolute atomic E-state index is 2.26. The fourth-order valence-electron chi connectivity index (χ4n) is 1.27. The summed E-state index contributed by atoms with van der Waals surface area (Å²) in [6.07, 6.45) is 0. The Morgan fingerprint density at radius 2 is 1.57 bits per heavy atom. The minimum absolute atomic E-state index is 1.03. The molecule has 80 valence electrons. The van der Waals surface area contributed by atoms with Crippen molar-refractivity contribution in [3.8, 4) is 0 Å². The molecule has 0 aliphatic carbocycles.